The summed E-state index contributed by atoms with van der Waals surface area (Å²) >= 11 is 0. The number of nitrogens with one attached hydrogen (secondary N) is 1. The smallest absolute Gasteiger partial charge is 0.000623 e. The van der Waals surface area contributed by atoms with Gasteiger partial charge in [-0.1, -0.05) is 26.2 Å². The quantitative estimate of drug-likeness (QED) is 0.810. The van der Waals surface area contributed by atoms with Gasteiger partial charge in [0, 0.05) is 6.54 Å². The van der Waals surface area contributed by atoms with E-state index in [1.54, 1.807) is 0 Å². The largest absolute Gasteiger partial charge is 0.316 e. The molecule has 1 aliphatic carbocycles. The third-order valence-electron chi connectivity index (χ3n) is 4.90. The fourth-order valence-corrected chi connectivity index (χ4v) is 3.30. The molecule has 2 rings (SSSR count). The number of rotatable bonds is 4. The van der Waals surface area contributed by atoms with Crippen molar-refractivity contribution in [2.24, 2.45) is 11.3 Å². The summed E-state index contributed by atoms with van der Waals surface area (Å²) in [4.78, 5) is 2.46. The van der Waals surface area contributed by atoms with Crippen molar-refractivity contribution < 1.29 is 0 Å². The van der Waals surface area contributed by atoms with Crippen LogP contribution in [0, 0.1) is 11.3 Å². The van der Waals surface area contributed by atoms with Crippen LogP contribution >= 0.6 is 0 Å². The molecule has 100 valence electrons. The van der Waals surface area contributed by atoms with Gasteiger partial charge in [-0.3, -0.25) is 0 Å². The molecule has 17 heavy (non-hydrogen) atoms. The zero-order valence-corrected chi connectivity index (χ0v) is 11.8. The lowest BCUT2D eigenvalue weighted by atomic mass is 9.80. The zero-order chi connectivity index (χ0) is 12.1. The van der Waals surface area contributed by atoms with Crippen molar-refractivity contribution in [1.82, 2.24) is 10.2 Å². The molecule has 0 aromatic heterocycles. The van der Waals surface area contributed by atoms with Crippen molar-refractivity contribution >= 4 is 0 Å². The van der Waals surface area contributed by atoms with E-state index in [-0.39, 0.29) is 0 Å². The number of piperidine rings is 1. The van der Waals surface area contributed by atoms with E-state index >= 15 is 0 Å². The second-order valence-electron chi connectivity index (χ2n) is 6.75. The average Bonchev–Trinajstić information content (AvgIpc) is 2.35. The Morgan fingerprint density at radius 2 is 1.76 bits per heavy atom. The first-order valence-corrected chi connectivity index (χ1v) is 7.57. The normalized spacial score (nSPS) is 27.2. The number of hydrogen-bond donors (Lipinski definition) is 1. The summed E-state index contributed by atoms with van der Waals surface area (Å²) in [5, 5.41) is 3.76. The van der Waals surface area contributed by atoms with Crippen molar-refractivity contribution in [2.45, 2.75) is 51.9 Å². The van der Waals surface area contributed by atoms with Gasteiger partial charge < -0.3 is 10.2 Å². The molecule has 0 radical (unpaired) electrons. The highest BCUT2D eigenvalue weighted by Crippen LogP contribution is 2.30. The molecule has 2 heteroatoms. The average molecular weight is 238 g/mol. The highest BCUT2D eigenvalue weighted by atomic mass is 15.1. The van der Waals surface area contributed by atoms with Crippen LogP contribution < -0.4 is 5.32 Å². The third kappa shape index (κ3) is 4.26. The van der Waals surface area contributed by atoms with Gasteiger partial charge in [-0.2, -0.15) is 0 Å². The minimum atomic E-state index is 0.557. The van der Waals surface area contributed by atoms with Gasteiger partial charge in [0.2, 0.25) is 0 Å². The first kappa shape index (κ1) is 13.4. The van der Waals surface area contributed by atoms with E-state index in [1.807, 2.05) is 0 Å². The Kier molecular flexibility index (Phi) is 4.87. The van der Waals surface area contributed by atoms with Crippen LogP contribution in [0.3, 0.4) is 0 Å². The Hall–Kier alpha value is -0.0800. The standard InChI is InChI=1S/C15H30N2/c1-15(8-10-17(2)11-9-15)13-16-12-14-6-4-3-5-7-14/h14,16H,3-13H2,1-2H3. The van der Waals surface area contributed by atoms with Crippen LogP contribution in [-0.4, -0.2) is 38.1 Å². The van der Waals surface area contributed by atoms with Crippen molar-refractivity contribution in [3.05, 3.63) is 0 Å². The molecule has 0 atom stereocenters. The van der Waals surface area contributed by atoms with Crippen molar-refractivity contribution in [3.8, 4) is 0 Å². The second kappa shape index (κ2) is 6.19. The number of hydrogen-bond acceptors (Lipinski definition) is 2. The van der Waals surface area contributed by atoms with Gasteiger partial charge in [-0.05, 0) is 63.7 Å². The zero-order valence-electron chi connectivity index (χ0n) is 11.8. The van der Waals surface area contributed by atoms with Crippen LogP contribution in [-0.2, 0) is 0 Å². The second-order valence-corrected chi connectivity index (χ2v) is 6.75. The molecule has 1 heterocycles. The lowest BCUT2D eigenvalue weighted by Gasteiger charge is -2.38. The minimum absolute atomic E-state index is 0.557. The first-order chi connectivity index (χ1) is 8.18. The number of likely N-dealkylation sites (tertiary alicyclic amines) is 1. The van der Waals surface area contributed by atoms with Crippen molar-refractivity contribution in [1.29, 1.82) is 0 Å². The lowest BCUT2D eigenvalue weighted by Crippen LogP contribution is -2.43. The molecule has 1 saturated carbocycles. The Balaban J connectivity index is 1.63. The number of nitrogens with zero attached hydrogens (tertiary/aromatic N) is 1. The molecule has 0 aromatic carbocycles. The van der Waals surface area contributed by atoms with Crippen molar-refractivity contribution in [3.63, 3.8) is 0 Å². The fourth-order valence-electron chi connectivity index (χ4n) is 3.30. The maximum absolute atomic E-state index is 3.76. The van der Waals surface area contributed by atoms with E-state index < -0.39 is 0 Å². The SMILES string of the molecule is CN1CCC(C)(CNCC2CCCCC2)CC1. The van der Waals surface area contributed by atoms with Gasteiger partial charge >= 0.3 is 0 Å². The summed E-state index contributed by atoms with van der Waals surface area (Å²) in [7, 11) is 2.25. The van der Waals surface area contributed by atoms with Gasteiger partial charge in [0.05, 0.1) is 0 Å². The molecule has 1 aliphatic heterocycles. The molecule has 0 amide bonds. The van der Waals surface area contributed by atoms with Crippen LogP contribution in [0.25, 0.3) is 0 Å². The van der Waals surface area contributed by atoms with Crippen LogP contribution in [0.1, 0.15) is 51.9 Å². The lowest BCUT2D eigenvalue weighted by molar-refractivity contribution is 0.134. The molecule has 2 aliphatic rings. The van der Waals surface area contributed by atoms with Gasteiger partial charge in [0.25, 0.3) is 0 Å². The van der Waals surface area contributed by atoms with Crippen LogP contribution in [0.5, 0.6) is 0 Å². The molecule has 2 nitrogen and oxygen atoms in total. The summed E-state index contributed by atoms with van der Waals surface area (Å²) in [6.45, 7) is 7.53. The Labute approximate surface area is 107 Å². The van der Waals surface area contributed by atoms with E-state index in [4.69, 9.17) is 0 Å². The van der Waals surface area contributed by atoms with Crippen molar-refractivity contribution in [2.75, 3.05) is 33.2 Å². The minimum Gasteiger partial charge on any atom is -0.316 e. The highest BCUT2D eigenvalue weighted by molar-refractivity contribution is 4.83. The van der Waals surface area contributed by atoms with Crippen LogP contribution in [0.4, 0.5) is 0 Å². The maximum Gasteiger partial charge on any atom is 0.000623 e. The van der Waals surface area contributed by atoms with E-state index in [0.29, 0.717) is 5.41 Å². The Bertz CT molecular complexity index is 213. The summed E-state index contributed by atoms with van der Waals surface area (Å²) in [5.74, 6) is 0.971. The first-order valence-electron chi connectivity index (χ1n) is 7.57. The molecule has 0 unspecified atom stereocenters. The summed E-state index contributed by atoms with van der Waals surface area (Å²) in [6, 6.07) is 0. The molecular weight excluding hydrogens is 208 g/mol. The van der Waals surface area contributed by atoms with E-state index in [1.165, 1.54) is 71.1 Å². The fraction of sp³-hybridized carbons (Fsp3) is 1.00. The van der Waals surface area contributed by atoms with Crippen LogP contribution in [0.2, 0.25) is 0 Å². The molecule has 2 fully saturated rings. The van der Waals surface area contributed by atoms with Crippen LogP contribution in [0.15, 0.2) is 0 Å². The van der Waals surface area contributed by atoms with Gasteiger partial charge in [-0.15, -0.1) is 0 Å². The Morgan fingerprint density at radius 3 is 2.41 bits per heavy atom. The summed E-state index contributed by atoms with van der Waals surface area (Å²) in [6.07, 6.45) is 10.1. The summed E-state index contributed by atoms with van der Waals surface area (Å²) in [5.41, 5.74) is 0.557. The molecule has 0 aromatic rings. The van der Waals surface area contributed by atoms with E-state index in [2.05, 4.69) is 24.2 Å². The molecular formula is C15H30N2. The van der Waals surface area contributed by atoms with Gasteiger partial charge in [-0.25, -0.2) is 0 Å². The maximum atomic E-state index is 3.76. The predicted octanol–water partition coefficient (Wildman–Crippen LogP) is 2.89. The van der Waals surface area contributed by atoms with Gasteiger partial charge in [0.15, 0.2) is 0 Å². The third-order valence-corrected chi connectivity index (χ3v) is 4.90. The topological polar surface area (TPSA) is 15.3 Å². The predicted molar refractivity (Wildman–Crippen MR) is 74.3 cm³/mol. The highest BCUT2D eigenvalue weighted by Gasteiger charge is 2.28. The van der Waals surface area contributed by atoms with E-state index in [9.17, 15) is 0 Å². The molecule has 1 saturated heterocycles. The molecule has 0 bridgehead atoms. The monoisotopic (exact) mass is 238 g/mol. The summed E-state index contributed by atoms with van der Waals surface area (Å²) < 4.78 is 0. The molecule has 1 N–H and O–H groups in total. The molecule has 0 spiro atoms. The Morgan fingerprint density at radius 1 is 1.12 bits per heavy atom. The van der Waals surface area contributed by atoms with E-state index in [0.717, 1.165) is 5.92 Å². The van der Waals surface area contributed by atoms with Gasteiger partial charge in [0.1, 0.15) is 0 Å².